The van der Waals surface area contributed by atoms with E-state index in [0.717, 1.165) is 10.7 Å². The molecule has 0 fully saturated rings. The molecule has 0 atom stereocenters. The van der Waals surface area contributed by atoms with Gasteiger partial charge in [-0.05, 0) is 42.5 Å². The third-order valence-corrected chi connectivity index (χ3v) is 5.50. The molecule has 0 saturated carbocycles. The van der Waals surface area contributed by atoms with Gasteiger partial charge in [-0.2, -0.15) is 18.3 Å². The van der Waals surface area contributed by atoms with Crippen molar-refractivity contribution in [1.82, 2.24) is 9.78 Å². The maximum absolute atomic E-state index is 13.4. The van der Waals surface area contributed by atoms with Gasteiger partial charge in [-0.25, -0.2) is 4.68 Å². The molecule has 35 heavy (non-hydrogen) atoms. The smallest absolute Gasteiger partial charge is 0.435 e. The van der Waals surface area contributed by atoms with Gasteiger partial charge in [-0.15, -0.1) is 0 Å². The van der Waals surface area contributed by atoms with Gasteiger partial charge < -0.3 is 14.8 Å². The third kappa shape index (κ3) is 5.09. The highest BCUT2D eigenvalue weighted by molar-refractivity contribution is 6.32. The molecule has 10 heteroatoms. The lowest BCUT2D eigenvalue weighted by atomic mass is 10.1. The van der Waals surface area contributed by atoms with E-state index in [1.165, 1.54) is 26.4 Å². The van der Waals surface area contributed by atoms with E-state index < -0.39 is 17.8 Å². The molecule has 1 amide bonds. The van der Waals surface area contributed by atoms with E-state index in [2.05, 4.69) is 10.4 Å². The largest absolute Gasteiger partial charge is 0.497 e. The van der Waals surface area contributed by atoms with Crippen molar-refractivity contribution in [1.29, 1.82) is 0 Å². The first-order chi connectivity index (χ1) is 16.7. The van der Waals surface area contributed by atoms with Crippen LogP contribution in [0.1, 0.15) is 16.1 Å². The molecule has 0 radical (unpaired) electrons. The molecule has 0 bridgehead atoms. The Labute approximate surface area is 203 Å². The average molecular weight is 502 g/mol. The quantitative estimate of drug-likeness (QED) is 0.328. The van der Waals surface area contributed by atoms with Gasteiger partial charge >= 0.3 is 6.18 Å². The molecule has 3 aromatic carbocycles. The summed E-state index contributed by atoms with van der Waals surface area (Å²) in [7, 11) is 2.99. The number of ether oxygens (including phenoxy) is 2. The number of hydrogen-bond donors (Lipinski definition) is 1. The molecular formula is C25H19ClF3N3O3. The fourth-order valence-electron chi connectivity index (χ4n) is 3.42. The number of methoxy groups -OCH3 is 2. The van der Waals surface area contributed by atoms with Crippen molar-refractivity contribution in [2.24, 2.45) is 0 Å². The van der Waals surface area contributed by atoms with Gasteiger partial charge in [-0.1, -0.05) is 35.9 Å². The zero-order valence-corrected chi connectivity index (χ0v) is 19.3. The van der Waals surface area contributed by atoms with Gasteiger partial charge in [0.1, 0.15) is 11.5 Å². The molecule has 1 heterocycles. The van der Waals surface area contributed by atoms with E-state index >= 15 is 0 Å². The van der Waals surface area contributed by atoms with Gasteiger partial charge in [-0.3, -0.25) is 4.79 Å². The van der Waals surface area contributed by atoms with Gasteiger partial charge in [0.05, 0.1) is 36.3 Å². The number of hydrogen-bond acceptors (Lipinski definition) is 4. The van der Waals surface area contributed by atoms with E-state index in [1.54, 1.807) is 54.6 Å². The van der Waals surface area contributed by atoms with Crippen LogP contribution in [0.4, 0.5) is 18.9 Å². The minimum Gasteiger partial charge on any atom is -0.497 e. The number of carbonyl (C=O) groups excluding carboxylic acids is 1. The summed E-state index contributed by atoms with van der Waals surface area (Å²) in [6.45, 7) is 0. The molecule has 0 aliphatic rings. The van der Waals surface area contributed by atoms with E-state index in [-0.39, 0.29) is 10.7 Å². The number of alkyl halides is 3. The van der Waals surface area contributed by atoms with Crippen LogP contribution < -0.4 is 14.8 Å². The molecule has 6 nitrogen and oxygen atoms in total. The Hall–Kier alpha value is -3.98. The molecule has 180 valence electrons. The zero-order valence-electron chi connectivity index (χ0n) is 18.6. The summed E-state index contributed by atoms with van der Waals surface area (Å²) in [6.07, 6.45) is -4.64. The summed E-state index contributed by atoms with van der Waals surface area (Å²) in [5, 5.41) is 6.74. The summed E-state index contributed by atoms with van der Waals surface area (Å²) in [6, 6.07) is 18.5. The number of benzene rings is 3. The van der Waals surface area contributed by atoms with Crippen LogP contribution in [0.3, 0.4) is 0 Å². The molecule has 0 unspecified atom stereocenters. The summed E-state index contributed by atoms with van der Waals surface area (Å²) >= 11 is 6.22. The molecule has 0 spiro atoms. The summed E-state index contributed by atoms with van der Waals surface area (Å²) in [5.74, 6) is 0.561. The summed E-state index contributed by atoms with van der Waals surface area (Å²) in [5.41, 5.74) is 0.579. The van der Waals surface area contributed by atoms with E-state index in [1.807, 2.05) is 0 Å². The van der Waals surface area contributed by atoms with E-state index in [0.29, 0.717) is 34.0 Å². The van der Waals surface area contributed by atoms with Gasteiger partial charge in [0.2, 0.25) is 0 Å². The Morgan fingerprint density at radius 1 is 0.971 bits per heavy atom. The van der Waals surface area contributed by atoms with Crippen LogP contribution in [0.15, 0.2) is 72.8 Å². The molecule has 0 aliphatic heterocycles. The first-order valence-corrected chi connectivity index (χ1v) is 10.6. The molecule has 1 aromatic heterocycles. The lowest BCUT2D eigenvalue weighted by molar-refractivity contribution is -0.141. The Morgan fingerprint density at radius 3 is 2.31 bits per heavy atom. The van der Waals surface area contributed by atoms with Crippen LogP contribution in [0.25, 0.3) is 16.9 Å². The number of para-hydroxylation sites is 1. The van der Waals surface area contributed by atoms with Crippen LogP contribution >= 0.6 is 11.6 Å². The highest BCUT2D eigenvalue weighted by Crippen LogP contribution is 2.35. The molecular weight excluding hydrogens is 483 g/mol. The Balaban J connectivity index is 1.66. The standard InChI is InChI=1S/C25H19ClF3N3O3/c1-34-17-11-12-19(22(13-17)35-2)30-24(33)16-9-7-15(8-10-16)21-14-23(25(27,28)29)31-32(21)20-6-4-3-5-18(20)26/h3-14H,1-2H3,(H,30,33). The molecule has 0 aliphatic carbocycles. The number of halogens is 4. The van der Waals surface area contributed by atoms with Gasteiger partial charge in [0.15, 0.2) is 5.69 Å². The van der Waals surface area contributed by atoms with Crippen molar-refractivity contribution in [2.45, 2.75) is 6.18 Å². The van der Waals surface area contributed by atoms with Gasteiger partial charge in [0, 0.05) is 17.2 Å². The second-order valence-corrected chi connectivity index (χ2v) is 7.78. The van der Waals surface area contributed by atoms with Crippen molar-refractivity contribution in [3.8, 4) is 28.4 Å². The van der Waals surface area contributed by atoms with E-state index in [4.69, 9.17) is 21.1 Å². The Morgan fingerprint density at radius 2 is 1.69 bits per heavy atom. The second-order valence-electron chi connectivity index (χ2n) is 7.37. The molecule has 1 N–H and O–H groups in total. The maximum Gasteiger partial charge on any atom is 0.435 e. The van der Waals surface area contributed by atoms with Crippen LogP contribution in [0.5, 0.6) is 11.5 Å². The minimum atomic E-state index is -4.64. The van der Waals surface area contributed by atoms with Crippen molar-refractivity contribution < 1.29 is 27.4 Å². The number of amides is 1. The normalized spacial score (nSPS) is 11.3. The molecule has 0 saturated heterocycles. The van der Waals surface area contributed by atoms with Crippen molar-refractivity contribution in [3.05, 3.63) is 89.1 Å². The first-order valence-electron chi connectivity index (χ1n) is 10.3. The van der Waals surface area contributed by atoms with Crippen molar-refractivity contribution in [2.75, 3.05) is 19.5 Å². The zero-order chi connectivity index (χ0) is 25.2. The number of carbonyl (C=O) groups is 1. The number of nitrogens with zero attached hydrogens (tertiary/aromatic N) is 2. The SMILES string of the molecule is COc1ccc(NC(=O)c2ccc(-c3cc(C(F)(F)F)nn3-c3ccccc3Cl)cc2)c(OC)c1. The van der Waals surface area contributed by atoms with Crippen LogP contribution in [-0.2, 0) is 6.18 Å². The fourth-order valence-corrected chi connectivity index (χ4v) is 3.64. The maximum atomic E-state index is 13.4. The van der Waals surface area contributed by atoms with Crippen molar-refractivity contribution >= 4 is 23.2 Å². The Bertz CT molecular complexity index is 1370. The topological polar surface area (TPSA) is 65.4 Å². The summed E-state index contributed by atoms with van der Waals surface area (Å²) < 4.78 is 51.8. The Kier molecular flexibility index (Phi) is 6.70. The number of anilines is 1. The highest BCUT2D eigenvalue weighted by atomic mass is 35.5. The minimum absolute atomic E-state index is 0.175. The second kappa shape index (κ2) is 9.71. The molecule has 4 rings (SSSR count). The fraction of sp³-hybridized carbons (Fsp3) is 0.120. The lowest BCUT2D eigenvalue weighted by Crippen LogP contribution is -2.12. The number of rotatable bonds is 6. The average Bonchev–Trinajstić information content (AvgIpc) is 3.30. The van der Waals surface area contributed by atoms with Crippen molar-refractivity contribution in [3.63, 3.8) is 0 Å². The number of aromatic nitrogens is 2. The number of nitrogens with one attached hydrogen (secondary N) is 1. The van der Waals surface area contributed by atoms with Crippen LogP contribution in [0.2, 0.25) is 5.02 Å². The third-order valence-electron chi connectivity index (χ3n) is 5.18. The predicted octanol–water partition coefficient (Wildman–Crippen LogP) is 6.48. The monoisotopic (exact) mass is 501 g/mol. The van der Waals surface area contributed by atoms with Crippen LogP contribution in [-0.4, -0.2) is 29.9 Å². The molecule has 4 aromatic rings. The predicted molar refractivity (Wildman–Crippen MR) is 127 cm³/mol. The van der Waals surface area contributed by atoms with Crippen LogP contribution in [0, 0.1) is 0 Å². The summed E-state index contributed by atoms with van der Waals surface area (Å²) in [4.78, 5) is 12.8. The van der Waals surface area contributed by atoms with Gasteiger partial charge in [0.25, 0.3) is 5.91 Å². The van der Waals surface area contributed by atoms with E-state index in [9.17, 15) is 18.0 Å². The first kappa shape index (κ1) is 24.2. The lowest BCUT2D eigenvalue weighted by Gasteiger charge is -2.12. The highest BCUT2D eigenvalue weighted by Gasteiger charge is 2.35.